The van der Waals surface area contributed by atoms with Crippen molar-refractivity contribution >= 4 is 17.5 Å². The van der Waals surface area contributed by atoms with Crippen LogP contribution in [0, 0.1) is 0 Å². The van der Waals surface area contributed by atoms with Crippen LogP contribution in [0.1, 0.15) is 6.92 Å². The monoisotopic (exact) mass is 239 g/mol. The second kappa shape index (κ2) is 6.41. The Morgan fingerprint density at radius 3 is 2.88 bits per heavy atom. The van der Waals surface area contributed by atoms with Crippen molar-refractivity contribution in [1.82, 2.24) is 10.3 Å². The molecule has 1 heterocycles. The van der Waals surface area contributed by atoms with E-state index in [1.807, 2.05) is 6.92 Å². The van der Waals surface area contributed by atoms with E-state index in [1.165, 1.54) is 0 Å². The zero-order valence-corrected chi connectivity index (χ0v) is 9.69. The predicted octanol–water partition coefficient (Wildman–Crippen LogP) is 0.143. The Hall–Kier alpha value is -2.18. The average Bonchev–Trinajstić information content (AvgIpc) is 2.28. The Kier molecular flexibility index (Phi) is 4.86. The first-order valence-electron chi connectivity index (χ1n) is 5.30. The van der Waals surface area contributed by atoms with E-state index in [4.69, 9.17) is 16.2 Å². The molecule has 0 aliphatic heterocycles. The van der Waals surface area contributed by atoms with Gasteiger partial charge in [0.05, 0.1) is 12.3 Å². The number of carbonyl (C=O) groups is 1. The highest BCUT2D eigenvalue weighted by Gasteiger charge is 2.03. The summed E-state index contributed by atoms with van der Waals surface area (Å²) in [4.78, 5) is 14.6. The lowest BCUT2D eigenvalue weighted by Gasteiger charge is -2.09. The summed E-state index contributed by atoms with van der Waals surface area (Å²) in [5.41, 5.74) is 11.1. The van der Waals surface area contributed by atoms with E-state index in [0.29, 0.717) is 37.1 Å². The number of anilines is 2. The molecule has 1 rings (SSSR count). The molecule has 7 heteroatoms. The van der Waals surface area contributed by atoms with Crippen LogP contribution in [-0.4, -0.2) is 30.7 Å². The van der Waals surface area contributed by atoms with Crippen LogP contribution < -0.4 is 26.8 Å². The molecule has 0 radical (unpaired) electrons. The maximum absolute atomic E-state index is 10.4. The molecule has 0 unspecified atom stereocenters. The van der Waals surface area contributed by atoms with Crippen LogP contribution in [0.15, 0.2) is 12.1 Å². The lowest BCUT2D eigenvalue weighted by molar-refractivity contribution is 0.249. The van der Waals surface area contributed by atoms with Gasteiger partial charge in [-0.2, -0.15) is 4.98 Å². The molecule has 0 saturated heterocycles. The topological polar surface area (TPSA) is 115 Å². The third-order valence-electron chi connectivity index (χ3n) is 1.90. The zero-order valence-electron chi connectivity index (χ0n) is 9.69. The van der Waals surface area contributed by atoms with Gasteiger partial charge in [0.2, 0.25) is 5.88 Å². The Bertz CT molecular complexity index is 383. The SMILES string of the molecule is CCOc1nc(NCCNC(N)=O)ccc1N. The summed E-state index contributed by atoms with van der Waals surface area (Å²) >= 11 is 0. The molecule has 0 aliphatic rings. The van der Waals surface area contributed by atoms with Gasteiger partial charge >= 0.3 is 6.03 Å². The van der Waals surface area contributed by atoms with E-state index in [9.17, 15) is 4.79 Å². The molecule has 0 fully saturated rings. The fourth-order valence-corrected chi connectivity index (χ4v) is 1.18. The van der Waals surface area contributed by atoms with Gasteiger partial charge in [-0.05, 0) is 19.1 Å². The minimum absolute atomic E-state index is 0.403. The minimum Gasteiger partial charge on any atom is -0.476 e. The summed E-state index contributed by atoms with van der Waals surface area (Å²) in [6.07, 6.45) is 0. The highest BCUT2D eigenvalue weighted by Crippen LogP contribution is 2.20. The number of aromatic nitrogens is 1. The van der Waals surface area contributed by atoms with Gasteiger partial charge in [-0.3, -0.25) is 0 Å². The number of nitrogens with zero attached hydrogens (tertiary/aromatic N) is 1. The Morgan fingerprint density at radius 1 is 1.47 bits per heavy atom. The second-order valence-corrected chi connectivity index (χ2v) is 3.24. The van der Waals surface area contributed by atoms with Gasteiger partial charge in [-0.15, -0.1) is 0 Å². The molecule has 0 atom stereocenters. The molecule has 0 aliphatic carbocycles. The normalized spacial score (nSPS) is 9.71. The molecular weight excluding hydrogens is 222 g/mol. The number of hydrogen-bond acceptors (Lipinski definition) is 5. The minimum atomic E-state index is -0.549. The molecule has 0 spiro atoms. The summed E-state index contributed by atoms with van der Waals surface area (Å²) in [6.45, 7) is 3.30. The van der Waals surface area contributed by atoms with Crippen molar-refractivity contribution in [2.75, 3.05) is 30.7 Å². The number of primary amides is 1. The number of nitrogens with two attached hydrogens (primary N) is 2. The fraction of sp³-hybridized carbons (Fsp3) is 0.400. The number of nitrogens with one attached hydrogen (secondary N) is 2. The van der Waals surface area contributed by atoms with Crippen molar-refractivity contribution in [3.05, 3.63) is 12.1 Å². The van der Waals surface area contributed by atoms with Crippen LogP contribution >= 0.6 is 0 Å². The van der Waals surface area contributed by atoms with Gasteiger partial charge in [0.25, 0.3) is 0 Å². The molecule has 6 N–H and O–H groups in total. The van der Waals surface area contributed by atoms with Gasteiger partial charge < -0.3 is 26.8 Å². The lowest BCUT2D eigenvalue weighted by Crippen LogP contribution is -2.33. The molecule has 94 valence electrons. The van der Waals surface area contributed by atoms with Gasteiger partial charge in [-0.25, -0.2) is 4.79 Å². The first-order chi connectivity index (χ1) is 8.13. The number of amides is 2. The van der Waals surface area contributed by atoms with Gasteiger partial charge in [0.15, 0.2) is 0 Å². The van der Waals surface area contributed by atoms with Gasteiger partial charge in [0, 0.05) is 13.1 Å². The highest BCUT2D eigenvalue weighted by molar-refractivity contribution is 5.71. The second-order valence-electron chi connectivity index (χ2n) is 3.24. The summed E-state index contributed by atoms with van der Waals surface area (Å²) in [5, 5.41) is 5.47. The molecule has 17 heavy (non-hydrogen) atoms. The maximum Gasteiger partial charge on any atom is 0.312 e. The van der Waals surface area contributed by atoms with E-state index in [1.54, 1.807) is 12.1 Å². The smallest absolute Gasteiger partial charge is 0.312 e. The molecular formula is C10H17N5O2. The molecule has 7 nitrogen and oxygen atoms in total. The summed E-state index contributed by atoms with van der Waals surface area (Å²) in [6, 6.07) is 2.90. The van der Waals surface area contributed by atoms with Crippen molar-refractivity contribution in [3.63, 3.8) is 0 Å². The van der Waals surface area contributed by atoms with Gasteiger partial charge in [0.1, 0.15) is 5.82 Å². The Labute approximate surface area is 99.5 Å². The number of urea groups is 1. The van der Waals surface area contributed by atoms with E-state index >= 15 is 0 Å². The molecule has 2 amide bonds. The lowest BCUT2D eigenvalue weighted by atomic mass is 10.4. The van der Waals surface area contributed by atoms with Crippen molar-refractivity contribution in [1.29, 1.82) is 0 Å². The largest absolute Gasteiger partial charge is 0.476 e. The molecule has 0 saturated carbocycles. The maximum atomic E-state index is 10.4. The van der Waals surface area contributed by atoms with Crippen molar-refractivity contribution < 1.29 is 9.53 Å². The van der Waals surface area contributed by atoms with Gasteiger partial charge in [-0.1, -0.05) is 0 Å². The van der Waals surface area contributed by atoms with Crippen LogP contribution in [0.25, 0.3) is 0 Å². The molecule has 0 aromatic carbocycles. The Morgan fingerprint density at radius 2 is 2.24 bits per heavy atom. The number of pyridine rings is 1. The van der Waals surface area contributed by atoms with E-state index in [-0.39, 0.29) is 0 Å². The van der Waals surface area contributed by atoms with Crippen LogP contribution in [0.5, 0.6) is 5.88 Å². The van der Waals surface area contributed by atoms with Crippen LogP contribution in [0.4, 0.5) is 16.3 Å². The van der Waals surface area contributed by atoms with Crippen molar-refractivity contribution in [3.8, 4) is 5.88 Å². The number of rotatable bonds is 6. The van der Waals surface area contributed by atoms with E-state index < -0.39 is 6.03 Å². The van der Waals surface area contributed by atoms with E-state index in [0.717, 1.165) is 0 Å². The quantitative estimate of drug-likeness (QED) is 0.527. The predicted molar refractivity (Wildman–Crippen MR) is 65.9 cm³/mol. The van der Waals surface area contributed by atoms with Crippen molar-refractivity contribution in [2.45, 2.75) is 6.92 Å². The molecule has 1 aromatic rings. The van der Waals surface area contributed by atoms with E-state index in [2.05, 4.69) is 15.6 Å². The number of ether oxygens (including phenoxy) is 1. The molecule has 0 bridgehead atoms. The standard InChI is InChI=1S/C10H17N5O2/c1-2-17-9-7(11)3-4-8(15-9)13-5-6-14-10(12)16/h3-4H,2,5-6,11H2,1H3,(H,13,15)(H3,12,14,16). The first-order valence-corrected chi connectivity index (χ1v) is 5.30. The first kappa shape index (κ1) is 12.9. The third-order valence-corrected chi connectivity index (χ3v) is 1.90. The summed E-state index contributed by atoms with van der Waals surface area (Å²) < 4.78 is 5.26. The van der Waals surface area contributed by atoms with Crippen molar-refractivity contribution in [2.24, 2.45) is 5.73 Å². The third kappa shape index (κ3) is 4.45. The average molecular weight is 239 g/mol. The highest BCUT2D eigenvalue weighted by atomic mass is 16.5. The number of nitrogen functional groups attached to an aromatic ring is 1. The zero-order chi connectivity index (χ0) is 12.7. The number of carbonyl (C=O) groups excluding carboxylic acids is 1. The fourth-order valence-electron chi connectivity index (χ4n) is 1.18. The molecule has 1 aromatic heterocycles. The van der Waals surface area contributed by atoms with Crippen LogP contribution in [0.3, 0.4) is 0 Å². The Balaban J connectivity index is 2.48. The summed E-state index contributed by atoms with van der Waals surface area (Å²) in [7, 11) is 0. The van der Waals surface area contributed by atoms with Crippen LogP contribution in [-0.2, 0) is 0 Å². The van der Waals surface area contributed by atoms with Crippen LogP contribution in [0.2, 0.25) is 0 Å². The summed E-state index contributed by atoms with van der Waals surface area (Å²) in [5.74, 6) is 1.04. The number of hydrogen-bond donors (Lipinski definition) is 4.